The summed E-state index contributed by atoms with van der Waals surface area (Å²) in [6, 6.07) is 6.31. The van der Waals surface area contributed by atoms with Crippen LogP contribution in [0.15, 0.2) is 29.3 Å². The second-order valence-corrected chi connectivity index (χ2v) is 3.33. The van der Waals surface area contributed by atoms with Gasteiger partial charge in [-0.15, -0.1) is 0 Å². The van der Waals surface area contributed by atoms with E-state index >= 15 is 0 Å². The molecular formula is C13H16BN. The first-order valence-corrected chi connectivity index (χ1v) is 5.10. The van der Waals surface area contributed by atoms with E-state index in [2.05, 4.69) is 49.1 Å². The molecule has 1 aromatic carbocycles. The van der Waals surface area contributed by atoms with Crippen molar-refractivity contribution in [3.05, 3.63) is 41.0 Å². The molecule has 0 aliphatic heterocycles. The number of benzene rings is 1. The Balaban J connectivity index is 3.04. The molecule has 0 spiro atoms. The van der Waals surface area contributed by atoms with E-state index in [0.717, 1.165) is 0 Å². The summed E-state index contributed by atoms with van der Waals surface area (Å²) >= 11 is 0. The van der Waals surface area contributed by atoms with Gasteiger partial charge in [-0.3, -0.25) is 0 Å². The van der Waals surface area contributed by atoms with Crippen LogP contribution in [-0.4, -0.2) is 26.1 Å². The van der Waals surface area contributed by atoms with Gasteiger partial charge in [-0.05, 0) is 0 Å². The molecule has 0 unspecified atom stereocenters. The molecule has 0 saturated carbocycles. The summed E-state index contributed by atoms with van der Waals surface area (Å²) in [4.78, 5) is 3.91. The van der Waals surface area contributed by atoms with Gasteiger partial charge in [0, 0.05) is 0 Å². The molecule has 1 rings (SSSR count). The molecule has 0 fully saturated rings. The zero-order valence-corrected chi connectivity index (χ0v) is 9.57. The van der Waals surface area contributed by atoms with Crippen molar-refractivity contribution in [3.8, 4) is 0 Å². The molecule has 76 valence electrons. The number of rotatable bonds is 3. The van der Waals surface area contributed by atoms with E-state index in [9.17, 15) is 0 Å². The van der Waals surface area contributed by atoms with E-state index in [-0.39, 0.29) is 0 Å². The van der Waals surface area contributed by atoms with Crippen LogP contribution in [0.3, 0.4) is 0 Å². The first-order chi connectivity index (χ1) is 7.29. The molecule has 15 heavy (non-hydrogen) atoms. The van der Waals surface area contributed by atoms with Crippen LogP contribution in [0.4, 0.5) is 0 Å². The van der Waals surface area contributed by atoms with Gasteiger partial charge in [-0.2, -0.15) is 0 Å². The summed E-state index contributed by atoms with van der Waals surface area (Å²) in [6.07, 6.45) is 5.83. The summed E-state index contributed by atoms with van der Waals surface area (Å²) in [5.74, 6) is 2.13. The fourth-order valence-electron chi connectivity index (χ4n) is 1.45. The van der Waals surface area contributed by atoms with Crippen LogP contribution in [0.2, 0.25) is 6.82 Å². The van der Waals surface area contributed by atoms with E-state index in [1.54, 1.807) is 13.3 Å². The van der Waals surface area contributed by atoms with Gasteiger partial charge >= 0.3 is 91.9 Å². The summed E-state index contributed by atoms with van der Waals surface area (Å²) in [5, 5.41) is 0. The zero-order chi connectivity index (χ0) is 11.1. The van der Waals surface area contributed by atoms with Crippen molar-refractivity contribution in [1.82, 2.24) is 0 Å². The Morgan fingerprint density at radius 1 is 1.27 bits per heavy atom. The molecule has 0 heterocycles. The molecule has 0 atom stereocenters. The van der Waals surface area contributed by atoms with Crippen molar-refractivity contribution in [3.63, 3.8) is 0 Å². The van der Waals surface area contributed by atoms with Gasteiger partial charge < -0.3 is 0 Å². The van der Waals surface area contributed by atoms with E-state index < -0.39 is 0 Å². The third-order valence-corrected chi connectivity index (χ3v) is 2.27. The topological polar surface area (TPSA) is 12.4 Å². The van der Waals surface area contributed by atoms with Crippen molar-refractivity contribution in [2.75, 3.05) is 7.05 Å². The standard InChI is InChI=1S/C13H16BN/c1-11-12(8-5-9-15-3)6-4-7-13(11)10-14-2/h4-10H,1-3H3/b8-5-,15-9+. The number of hydrogen-bond acceptors (Lipinski definition) is 1. The SMILES string of the molecule is C/B=C/c1cccc(/C=C\C=N\C)c1C. The normalized spacial score (nSPS) is 11.7. The van der Waals surface area contributed by atoms with Crippen LogP contribution in [-0.2, 0) is 0 Å². The van der Waals surface area contributed by atoms with Crippen LogP contribution in [0.5, 0.6) is 0 Å². The third kappa shape index (κ3) is 3.32. The Hall–Kier alpha value is -1.44. The van der Waals surface area contributed by atoms with Gasteiger partial charge in [0.2, 0.25) is 0 Å². The molecule has 0 saturated heterocycles. The molecule has 0 aliphatic carbocycles. The maximum atomic E-state index is 3.91. The van der Waals surface area contributed by atoms with Crippen molar-refractivity contribution < 1.29 is 0 Å². The second-order valence-electron chi connectivity index (χ2n) is 3.33. The minimum absolute atomic E-state index is 1.24. The first kappa shape index (κ1) is 11.6. The molecular weight excluding hydrogens is 181 g/mol. The zero-order valence-electron chi connectivity index (χ0n) is 9.57. The number of allylic oxidation sites excluding steroid dienone is 1. The summed E-state index contributed by atoms with van der Waals surface area (Å²) < 4.78 is 0. The summed E-state index contributed by atoms with van der Waals surface area (Å²) in [5.41, 5.74) is 3.81. The van der Waals surface area contributed by atoms with E-state index in [1.807, 2.05) is 12.9 Å². The summed E-state index contributed by atoms with van der Waals surface area (Å²) in [6.45, 7) is 6.23. The molecule has 0 aliphatic rings. The molecule has 1 aromatic rings. The Kier molecular flexibility index (Phi) is 4.75. The second kappa shape index (κ2) is 6.12. The van der Waals surface area contributed by atoms with E-state index in [4.69, 9.17) is 0 Å². The average molecular weight is 197 g/mol. The molecule has 1 nitrogen and oxygen atoms in total. The Morgan fingerprint density at radius 3 is 2.67 bits per heavy atom. The van der Waals surface area contributed by atoms with E-state index in [1.165, 1.54) is 16.7 Å². The minimum atomic E-state index is 1.24. The molecule has 0 radical (unpaired) electrons. The number of aliphatic imine (C=N–C) groups is 1. The number of hydrogen-bond donors (Lipinski definition) is 0. The van der Waals surface area contributed by atoms with Gasteiger partial charge in [-0.1, -0.05) is 0 Å². The molecule has 0 bridgehead atoms. The Bertz CT molecular complexity index is 403. The van der Waals surface area contributed by atoms with E-state index in [0.29, 0.717) is 0 Å². The van der Waals surface area contributed by atoms with Gasteiger partial charge in [0.25, 0.3) is 0 Å². The predicted octanol–water partition coefficient (Wildman–Crippen LogP) is 2.61. The van der Waals surface area contributed by atoms with Crippen LogP contribution >= 0.6 is 0 Å². The van der Waals surface area contributed by atoms with Gasteiger partial charge in [0.05, 0.1) is 0 Å². The molecule has 0 amide bonds. The maximum absolute atomic E-state index is 3.91. The summed E-state index contributed by atoms with van der Waals surface area (Å²) in [7, 11) is 1.77. The third-order valence-electron chi connectivity index (χ3n) is 2.27. The van der Waals surface area contributed by atoms with Crippen molar-refractivity contribution in [2.45, 2.75) is 13.7 Å². The van der Waals surface area contributed by atoms with Crippen molar-refractivity contribution in [2.24, 2.45) is 4.99 Å². The van der Waals surface area contributed by atoms with Crippen LogP contribution < -0.4 is 0 Å². The Labute approximate surface area is 92.5 Å². The fraction of sp³-hybridized carbons (Fsp3) is 0.231. The first-order valence-electron chi connectivity index (χ1n) is 5.10. The predicted molar refractivity (Wildman–Crippen MR) is 71.4 cm³/mol. The van der Waals surface area contributed by atoms with Crippen LogP contribution in [0.25, 0.3) is 6.08 Å². The van der Waals surface area contributed by atoms with Gasteiger partial charge in [0.1, 0.15) is 0 Å². The molecule has 0 aromatic heterocycles. The van der Waals surface area contributed by atoms with Gasteiger partial charge in [-0.25, -0.2) is 0 Å². The quantitative estimate of drug-likeness (QED) is 0.521. The average Bonchev–Trinajstić information content (AvgIpc) is 2.24. The van der Waals surface area contributed by atoms with Crippen molar-refractivity contribution in [1.29, 1.82) is 0 Å². The fourth-order valence-corrected chi connectivity index (χ4v) is 1.45. The number of nitrogens with zero attached hydrogens (tertiary/aromatic N) is 1. The van der Waals surface area contributed by atoms with Crippen LogP contribution in [0, 0.1) is 6.92 Å². The van der Waals surface area contributed by atoms with Crippen molar-refractivity contribution >= 4 is 25.2 Å². The molecule has 2 heteroatoms. The molecule has 0 N–H and O–H groups in total. The Morgan fingerprint density at radius 2 is 2.00 bits per heavy atom. The van der Waals surface area contributed by atoms with Crippen LogP contribution in [0.1, 0.15) is 16.7 Å². The van der Waals surface area contributed by atoms with Gasteiger partial charge in [0.15, 0.2) is 0 Å². The monoisotopic (exact) mass is 197 g/mol.